The van der Waals surface area contributed by atoms with E-state index in [1.54, 1.807) is 6.07 Å². The molecule has 0 radical (unpaired) electrons. The first-order chi connectivity index (χ1) is 11.8. The van der Waals surface area contributed by atoms with Crippen LogP contribution >= 0.6 is 22.9 Å². The number of nitrogens with zero attached hydrogens (tertiary/aromatic N) is 2. The molecule has 1 aromatic carbocycles. The van der Waals surface area contributed by atoms with E-state index in [0.29, 0.717) is 17.2 Å². The van der Waals surface area contributed by atoms with Crippen LogP contribution in [0, 0.1) is 0 Å². The predicted octanol–water partition coefficient (Wildman–Crippen LogP) is 5.44. The van der Waals surface area contributed by atoms with Crippen molar-refractivity contribution in [3.63, 3.8) is 0 Å². The monoisotopic (exact) mass is 376 g/mol. The second-order valence-corrected chi connectivity index (χ2v) is 7.51. The summed E-state index contributed by atoms with van der Waals surface area (Å²) in [5.41, 5.74) is 0.681. The molecule has 8 heteroatoms. The van der Waals surface area contributed by atoms with Crippen LogP contribution in [0.4, 0.5) is 22.0 Å². The van der Waals surface area contributed by atoms with E-state index >= 15 is 0 Å². The van der Waals surface area contributed by atoms with Crippen molar-refractivity contribution in [2.45, 2.75) is 26.4 Å². The van der Waals surface area contributed by atoms with Gasteiger partial charge in [-0.15, -0.1) is 11.3 Å². The summed E-state index contributed by atoms with van der Waals surface area (Å²) < 4.78 is 5.30. The zero-order valence-corrected chi connectivity index (χ0v) is 15.5. The minimum Gasteiger partial charge on any atom is -0.444 e. The van der Waals surface area contributed by atoms with Crippen molar-refractivity contribution in [2.24, 2.45) is 0 Å². The van der Waals surface area contributed by atoms with Gasteiger partial charge in [0.2, 0.25) is 5.28 Å². The Hall–Kier alpha value is -2.38. The van der Waals surface area contributed by atoms with E-state index in [1.165, 1.54) is 11.3 Å². The zero-order chi connectivity index (χ0) is 18.0. The topological polar surface area (TPSA) is 76.1 Å². The van der Waals surface area contributed by atoms with Crippen LogP contribution < -0.4 is 10.6 Å². The Bertz CT molecular complexity index is 920. The highest BCUT2D eigenvalue weighted by atomic mass is 35.5. The Morgan fingerprint density at radius 3 is 2.60 bits per heavy atom. The average Bonchev–Trinajstić information content (AvgIpc) is 2.95. The highest BCUT2D eigenvalue weighted by molar-refractivity contribution is 7.16. The Morgan fingerprint density at radius 1 is 1.16 bits per heavy atom. The van der Waals surface area contributed by atoms with Crippen molar-refractivity contribution in [3.05, 3.63) is 41.0 Å². The lowest BCUT2D eigenvalue weighted by atomic mass is 10.2. The van der Waals surface area contributed by atoms with Crippen molar-refractivity contribution in [3.8, 4) is 0 Å². The minimum absolute atomic E-state index is 0.162. The smallest absolute Gasteiger partial charge is 0.412 e. The van der Waals surface area contributed by atoms with Gasteiger partial charge >= 0.3 is 6.09 Å². The van der Waals surface area contributed by atoms with E-state index in [4.69, 9.17) is 16.3 Å². The maximum Gasteiger partial charge on any atom is 0.412 e. The van der Waals surface area contributed by atoms with Crippen LogP contribution in [-0.2, 0) is 4.74 Å². The molecule has 3 aromatic rings. The average molecular weight is 377 g/mol. The number of hydrogen-bond donors (Lipinski definition) is 2. The molecule has 0 fully saturated rings. The van der Waals surface area contributed by atoms with Gasteiger partial charge in [0.15, 0.2) is 0 Å². The SMILES string of the molecule is CC(C)(C)OC(=O)Nc1ccccc1Nc1nc(Cl)nc2sccc12. The first kappa shape index (κ1) is 17.4. The molecule has 25 heavy (non-hydrogen) atoms. The van der Waals surface area contributed by atoms with Crippen molar-refractivity contribution < 1.29 is 9.53 Å². The number of aromatic nitrogens is 2. The predicted molar refractivity (Wildman–Crippen MR) is 102 cm³/mol. The van der Waals surface area contributed by atoms with Crippen LogP contribution in [-0.4, -0.2) is 21.7 Å². The van der Waals surface area contributed by atoms with Gasteiger partial charge < -0.3 is 10.1 Å². The Balaban J connectivity index is 1.88. The largest absolute Gasteiger partial charge is 0.444 e. The number of benzene rings is 1. The van der Waals surface area contributed by atoms with Crippen LogP contribution in [0.5, 0.6) is 0 Å². The number of anilines is 3. The van der Waals surface area contributed by atoms with Gasteiger partial charge in [-0.25, -0.2) is 9.78 Å². The molecule has 0 spiro atoms. The molecule has 0 aliphatic rings. The van der Waals surface area contributed by atoms with Crippen molar-refractivity contribution in [1.82, 2.24) is 9.97 Å². The molecule has 2 heterocycles. The van der Waals surface area contributed by atoms with Gasteiger partial charge in [0.25, 0.3) is 0 Å². The molecular formula is C17H17ClN4O2S. The van der Waals surface area contributed by atoms with E-state index in [-0.39, 0.29) is 5.28 Å². The molecule has 3 rings (SSSR count). The molecule has 1 amide bonds. The molecule has 0 bridgehead atoms. The summed E-state index contributed by atoms with van der Waals surface area (Å²) in [5.74, 6) is 0.578. The van der Waals surface area contributed by atoms with Crippen LogP contribution in [0.25, 0.3) is 10.2 Å². The van der Waals surface area contributed by atoms with Crippen LogP contribution in [0.15, 0.2) is 35.7 Å². The number of carbonyl (C=O) groups is 1. The maximum absolute atomic E-state index is 12.1. The lowest BCUT2D eigenvalue weighted by Gasteiger charge is -2.20. The van der Waals surface area contributed by atoms with Crippen LogP contribution in [0.3, 0.4) is 0 Å². The van der Waals surface area contributed by atoms with E-state index in [9.17, 15) is 4.79 Å². The summed E-state index contributed by atoms with van der Waals surface area (Å²) in [4.78, 5) is 21.3. The number of para-hydroxylation sites is 2. The normalized spacial score (nSPS) is 11.4. The van der Waals surface area contributed by atoms with E-state index < -0.39 is 11.7 Å². The number of carbonyl (C=O) groups excluding carboxylic acids is 1. The van der Waals surface area contributed by atoms with E-state index in [2.05, 4.69) is 20.6 Å². The Morgan fingerprint density at radius 2 is 1.88 bits per heavy atom. The Kier molecular flexibility index (Phi) is 4.78. The van der Waals surface area contributed by atoms with Crippen LogP contribution in [0.1, 0.15) is 20.8 Å². The van der Waals surface area contributed by atoms with Gasteiger partial charge in [-0.3, -0.25) is 5.32 Å². The lowest BCUT2D eigenvalue weighted by molar-refractivity contribution is 0.0636. The number of fused-ring (bicyclic) bond motifs is 1. The number of amides is 1. The quantitative estimate of drug-likeness (QED) is 0.595. The lowest BCUT2D eigenvalue weighted by Crippen LogP contribution is -2.27. The van der Waals surface area contributed by atoms with Gasteiger partial charge in [-0.2, -0.15) is 4.98 Å². The third-order valence-corrected chi connectivity index (χ3v) is 4.09. The summed E-state index contributed by atoms with van der Waals surface area (Å²) >= 11 is 7.48. The summed E-state index contributed by atoms with van der Waals surface area (Å²) in [6.07, 6.45) is -0.525. The van der Waals surface area contributed by atoms with Crippen LogP contribution in [0.2, 0.25) is 5.28 Å². The van der Waals surface area contributed by atoms with Gasteiger partial charge in [0.1, 0.15) is 16.2 Å². The number of ether oxygens (including phenoxy) is 1. The standard InChI is InChI=1S/C17H17ClN4O2S/c1-17(2,3)24-16(23)20-12-7-5-4-6-11(12)19-13-10-8-9-25-14(10)22-15(18)21-13/h4-9H,1-3H3,(H,20,23)(H,19,21,22). The molecule has 0 saturated carbocycles. The fourth-order valence-corrected chi connectivity index (χ4v) is 3.15. The van der Waals surface area contributed by atoms with Crippen molar-refractivity contribution in [2.75, 3.05) is 10.6 Å². The number of nitrogens with one attached hydrogen (secondary N) is 2. The van der Waals surface area contributed by atoms with Gasteiger partial charge in [-0.1, -0.05) is 12.1 Å². The minimum atomic E-state index is -0.574. The first-order valence-corrected chi connectivity index (χ1v) is 8.84. The van der Waals surface area contributed by atoms with Crippen molar-refractivity contribution >= 4 is 56.4 Å². The first-order valence-electron chi connectivity index (χ1n) is 7.58. The number of rotatable bonds is 3. The molecule has 0 unspecified atom stereocenters. The maximum atomic E-state index is 12.1. The van der Waals surface area contributed by atoms with Crippen molar-refractivity contribution in [1.29, 1.82) is 0 Å². The molecule has 0 saturated heterocycles. The molecule has 130 valence electrons. The molecule has 2 N–H and O–H groups in total. The van der Waals surface area contributed by atoms with E-state index in [0.717, 1.165) is 10.2 Å². The molecule has 0 aliphatic heterocycles. The number of thiophene rings is 1. The molecule has 0 atom stereocenters. The van der Waals surface area contributed by atoms with Gasteiger partial charge in [-0.05, 0) is 56.0 Å². The fourth-order valence-electron chi connectivity index (χ4n) is 2.17. The highest BCUT2D eigenvalue weighted by Crippen LogP contribution is 2.31. The number of halogens is 1. The molecule has 2 aromatic heterocycles. The summed E-state index contributed by atoms with van der Waals surface area (Å²) in [7, 11) is 0. The summed E-state index contributed by atoms with van der Waals surface area (Å²) in [5, 5.41) is 8.90. The Labute approximate surface area is 154 Å². The van der Waals surface area contributed by atoms with E-state index in [1.807, 2.05) is 50.4 Å². The highest BCUT2D eigenvalue weighted by Gasteiger charge is 2.17. The molecular weight excluding hydrogens is 360 g/mol. The van der Waals surface area contributed by atoms with Gasteiger partial charge in [0.05, 0.1) is 16.8 Å². The third kappa shape index (κ3) is 4.37. The zero-order valence-electron chi connectivity index (χ0n) is 14.0. The summed E-state index contributed by atoms with van der Waals surface area (Å²) in [6.45, 7) is 5.44. The third-order valence-electron chi connectivity index (χ3n) is 3.11. The van der Waals surface area contributed by atoms with Gasteiger partial charge in [0, 0.05) is 0 Å². The summed E-state index contributed by atoms with van der Waals surface area (Å²) in [6, 6.07) is 9.21. The second kappa shape index (κ2) is 6.85. The molecule has 6 nitrogen and oxygen atoms in total. The second-order valence-electron chi connectivity index (χ2n) is 6.28. The molecule has 0 aliphatic carbocycles. The fraction of sp³-hybridized carbons (Fsp3) is 0.235. The number of hydrogen-bond acceptors (Lipinski definition) is 6.